The molecule has 3 rings (SSSR count). The minimum absolute atomic E-state index is 0.0898. The lowest BCUT2D eigenvalue weighted by molar-refractivity contribution is 0.0689. The van der Waals surface area contributed by atoms with Gasteiger partial charge < -0.3 is 15.2 Å². The maximum absolute atomic E-state index is 12.3. The Labute approximate surface area is 126 Å². The number of aromatic carboxylic acids is 1. The summed E-state index contributed by atoms with van der Waals surface area (Å²) < 4.78 is 5.55. The molecule has 0 radical (unpaired) electrons. The first-order chi connectivity index (χ1) is 10.6. The van der Waals surface area contributed by atoms with Crippen LogP contribution in [0.1, 0.15) is 38.9 Å². The molecule has 0 bridgehead atoms. The molecule has 6 heteroatoms. The lowest BCUT2D eigenvalue weighted by Crippen LogP contribution is -2.32. The number of rotatable bonds is 3. The van der Waals surface area contributed by atoms with Crippen molar-refractivity contribution in [3.05, 3.63) is 59.4 Å². The molecule has 0 spiro atoms. The second-order valence-corrected chi connectivity index (χ2v) is 4.94. The number of pyridine rings is 1. The van der Waals surface area contributed by atoms with Gasteiger partial charge in [-0.25, -0.2) is 9.78 Å². The number of carboxylic acid groups (broad SMARTS) is 1. The van der Waals surface area contributed by atoms with Crippen LogP contribution < -0.4 is 10.1 Å². The molecule has 2 N–H and O–H groups in total. The van der Waals surface area contributed by atoms with Crippen LogP contribution in [0.15, 0.2) is 42.6 Å². The van der Waals surface area contributed by atoms with Crippen LogP contribution in [-0.4, -0.2) is 28.6 Å². The van der Waals surface area contributed by atoms with Crippen molar-refractivity contribution in [3.8, 4) is 5.75 Å². The smallest absolute Gasteiger partial charge is 0.354 e. The first kappa shape index (κ1) is 14.1. The molecule has 6 nitrogen and oxygen atoms in total. The van der Waals surface area contributed by atoms with Gasteiger partial charge in [0.1, 0.15) is 11.4 Å². The van der Waals surface area contributed by atoms with Gasteiger partial charge in [0, 0.05) is 18.2 Å². The highest BCUT2D eigenvalue weighted by atomic mass is 16.5. The van der Waals surface area contributed by atoms with Crippen LogP contribution >= 0.6 is 0 Å². The fraction of sp³-hybridized carbons (Fsp3) is 0.188. The summed E-state index contributed by atoms with van der Waals surface area (Å²) >= 11 is 0. The minimum atomic E-state index is -1.12. The maximum atomic E-state index is 12.3. The van der Waals surface area contributed by atoms with Gasteiger partial charge in [-0.2, -0.15) is 0 Å². The molecule has 0 fully saturated rings. The van der Waals surface area contributed by atoms with E-state index in [2.05, 4.69) is 10.3 Å². The SMILES string of the molecule is O=C(N[C@H]1CCOc2ccccc21)c1ccc(C(=O)O)nc1. The van der Waals surface area contributed by atoms with E-state index in [1.54, 1.807) is 0 Å². The van der Waals surface area contributed by atoms with Gasteiger partial charge in [0.25, 0.3) is 5.91 Å². The van der Waals surface area contributed by atoms with Crippen molar-refractivity contribution in [2.75, 3.05) is 6.61 Å². The van der Waals surface area contributed by atoms with Gasteiger partial charge >= 0.3 is 5.97 Å². The van der Waals surface area contributed by atoms with Crippen LogP contribution in [0.2, 0.25) is 0 Å². The third kappa shape index (κ3) is 2.76. The van der Waals surface area contributed by atoms with Crippen LogP contribution in [0.5, 0.6) is 5.75 Å². The number of hydrogen-bond donors (Lipinski definition) is 2. The van der Waals surface area contributed by atoms with Gasteiger partial charge in [-0.05, 0) is 18.2 Å². The Balaban J connectivity index is 1.76. The molecule has 0 aliphatic carbocycles. The fourth-order valence-corrected chi connectivity index (χ4v) is 2.39. The average Bonchev–Trinajstić information content (AvgIpc) is 2.55. The van der Waals surface area contributed by atoms with Crippen LogP contribution in [0.25, 0.3) is 0 Å². The number of ether oxygens (including phenoxy) is 1. The Kier molecular flexibility index (Phi) is 3.74. The molecule has 1 atom stereocenters. The number of carbonyl (C=O) groups excluding carboxylic acids is 1. The number of nitrogens with one attached hydrogen (secondary N) is 1. The summed E-state index contributed by atoms with van der Waals surface area (Å²) in [4.78, 5) is 26.8. The predicted octanol–water partition coefficient (Wildman–Crippen LogP) is 2.03. The molecule has 22 heavy (non-hydrogen) atoms. The van der Waals surface area contributed by atoms with Crippen LogP contribution in [-0.2, 0) is 0 Å². The van der Waals surface area contributed by atoms with E-state index >= 15 is 0 Å². The van der Waals surface area contributed by atoms with E-state index in [9.17, 15) is 9.59 Å². The Hall–Kier alpha value is -2.89. The molecule has 0 saturated heterocycles. The van der Waals surface area contributed by atoms with Crippen molar-refractivity contribution in [2.45, 2.75) is 12.5 Å². The number of para-hydroxylation sites is 1. The number of hydrogen-bond acceptors (Lipinski definition) is 4. The normalized spacial score (nSPS) is 16.3. The van der Waals surface area contributed by atoms with Crippen molar-refractivity contribution in [1.29, 1.82) is 0 Å². The Morgan fingerprint density at radius 1 is 1.23 bits per heavy atom. The van der Waals surface area contributed by atoms with E-state index < -0.39 is 5.97 Å². The highest BCUT2D eigenvalue weighted by Gasteiger charge is 2.23. The molecule has 2 aromatic rings. The zero-order chi connectivity index (χ0) is 15.5. The predicted molar refractivity (Wildman–Crippen MR) is 78.0 cm³/mol. The lowest BCUT2D eigenvalue weighted by atomic mass is 10.0. The van der Waals surface area contributed by atoms with Gasteiger partial charge in [0.15, 0.2) is 0 Å². The second kappa shape index (κ2) is 5.85. The first-order valence-corrected chi connectivity index (χ1v) is 6.87. The highest BCUT2D eigenvalue weighted by molar-refractivity contribution is 5.95. The number of benzene rings is 1. The van der Waals surface area contributed by atoms with E-state index in [4.69, 9.17) is 9.84 Å². The molecule has 1 aromatic heterocycles. The Morgan fingerprint density at radius 2 is 2.05 bits per heavy atom. The molecular weight excluding hydrogens is 284 g/mol. The van der Waals surface area contributed by atoms with E-state index in [1.165, 1.54) is 18.3 Å². The molecule has 112 valence electrons. The van der Waals surface area contributed by atoms with Crippen molar-refractivity contribution in [1.82, 2.24) is 10.3 Å². The maximum Gasteiger partial charge on any atom is 0.354 e. The number of amides is 1. The first-order valence-electron chi connectivity index (χ1n) is 6.87. The van der Waals surface area contributed by atoms with Crippen LogP contribution in [0.3, 0.4) is 0 Å². The number of aromatic nitrogens is 1. The average molecular weight is 298 g/mol. The zero-order valence-corrected chi connectivity index (χ0v) is 11.7. The van der Waals surface area contributed by atoms with E-state index in [1.807, 2.05) is 24.3 Å². The van der Waals surface area contributed by atoms with Crippen molar-refractivity contribution in [3.63, 3.8) is 0 Å². The number of nitrogens with zero attached hydrogens (tertiary/aromatic N) is 1. The van der Waals surface area contributed by atoms with Gasteiger partial charge in [-0.3, -0.25) is 4.79 Å². The van der Waals surface area contributed by atoms with E-state index in [-0.39, 0.29) is 17.6 Å². The second-order valence-electron chi connectivity index (χ2n) is 4.94. The Bertz CT molecular complexity index is 712. The molecule has 1 amide bonds. The highest BCUT2D eigenvalue weighted by Crippen LogP contribution is 2.31. The van der Waals surface area contributed by atoms with E-state index in [0.29, 0.717) is 18.6 Å². The zero-order valence-electron chi connectivity index (χ0n) is 11.7. The summed E-state index contributed by atoms with van der Waals surface area (Å²) in [6.45, 7) is 0.540. The van der Waals surface area contributed by atoms with Gasteiger partial charge in [-0.1, -0.05) is 18.2 Å². The lowest BCUT2D eigenvalue weighted by Gasteiger charge is -2.26. The van der Waals surface area contributed by atoms with Crippen molar-refractivity contribution < 1.29 is 19.4 Å². The summed E-state index contributed by atoms with van der Waals surface area (Å²) in [7, 11) is 0. The Morgan fingerprint density at radius 3 is 2.77 bits per heavy atom. The monoisotopic (exact) mass is 298 g/mol. The molecule has 0 unspecified atom stereocenters. The van der Waals surface area contributed by atoms with Crippen LogP contribution in [0.4, 0.5) is 0 Å². The largest absolute Gasteiger partial charge is 0.493 e. The van der Waals surface area contributed by atoms with Crippen LogP contribution in [0, 0.1) is 0 Å². The standard InChI is InChI=1S/C16H14N2O4/c19-15(10-5-6-13(16(20)21)17-9-10)18-12-7-8-22-14-4-2-1-3-11(12)14/h1-6,9,12H,7-8H2,(H,18,19)(H,20,21)/t12-/m0/s1. The van der Waals surface area contributed by atoms with Gasteiger partial charge in [0.2, 0.25) is 0 Å². The topological polar surface area (TPSA) is 88.5 Å². The van der Waals surface area contributed by atoms with Gasteiger partial charge in [-0.15, -0.1) is 0 Å². The summed E-state index contributed by atoms with van der Waals surface area (Å²) in [6.07, 6.45) is 1.95. The molecule has 1 aliphatic heterocycles. The van der Waals surface area contributed by atoms with Crippen molar-refractivity contribution >= 4 is 11.9 Å². The quantitative estimate of drug-likeness (QED) is 0.905. The fourth-order valence-electron chi connectivity index (χ4n) is 2.39. The third-order valence-corrected chi connectivity index (χ3v) is 3.51. The van der Waals surface area contributed by atoms with E-state index in [0.717, 1.165) is 11.3 Å². The number of carbonyl (C=O) groups is 2. The number of fused-ring (bicyclic) bond motifs is 1. The molecular formula is C16H14N2O4. The molecule has 1 aliphatic rings. The summed E-state index contributed by atoms with van der Waals surface area (Å²) in [5.41, 5.74) is 1.18. The van der Waals surface area contributed by atoms with Gasteiger partial charge in [0.05, 0.1) is 18.2 Å². The molecule has 2 heterocycles. The van der Waals surface area contributed by atoms with Crippen molar-refractivity contribution in [2.24, 2.45) is 0 Å². The third-order valence-electron chi connectivity index (χ3n) is 3.51. The number of carboxylic acids is 1. The molecule has 0 saturated carbocycles. The summed E-state index contributed by atoms with van der Waals surface area (Å²) in [6, 6.07) is 10.2. The summed E-state index contributed by atoms with van der Waals surface area (Å²) in [5.74, 6) is -0.630. The minimum Gasteiger partial charge on any atom is -0.493 e. The summed E-state index contributed by atoms with van der Waals surface area (Å²) in [5, 5.41) is 11.7. The molecule has 1 aromatic carbocycles.